The number of carbonyl (C=O) groups excluding carboxylic acids is 1. The zero-order chi connectivity index (χ0) is 17.5. The molecule has 0 atom stereocenters. The lowest BCUT2D eigenvalue weighted by molar-refractivity contribution is -0.126. The van der Waals surface area contributed by atoms with Crippen molar-refractivity contribution in [2.24, 2.45) is 5.92 Å². The molecule has 0 aromatic heterocycles. The summed E-state index contributed by atoms with van der Waals surface area (Å²) in [5.41, 5.74) is 2.65. The Bertz CT molecular complexity index is 723. The van der Waals surface area contributed by atoms with Crippen molar-refractivity contribution >= 4 is 15.9 Å². The van der Waals surface area contributed by atoms with Crippen LogP contribution in [-0.2, 0) is 14.8 Å². The maximum Gasteiger partial charge on any atom is 0.243 e. The third kappa shape index (κ3) is 3.49. The van der Waals surface area contributed by atoms with E-state index in [4.69, 9.17) is 0 Å². The van der Waals surface area contributed by atoms with Gasteiger partial charge in [0.2, 0.25) is 15.9 Å². The van der Waals surface area contributed by atoms with Crippen LogP contribution in [0.4, 0.5) is 0 Å². The first kappa shape index (κ1) is 17.4. The predicted octanol–water partition coefficient (Wildman–Crippen LogP) is 2.29. The minimum absolute atomic E-state index is 0.0581. The summed E-state index contributed by atoms with van der Waals surface area (Å²) in [6.45, 7) is 6.50. The van der Waals surface area contributed by atoms with Gasteiger partial charge in [0.05, 0.1) is 4.90 Å². The smallest absolute Gasteiger partial charge is 0.243 e. The molecule has 1 N–H and O–H groups in total. The van der Waals surface area contributed by atoms with Crippen LogP contribution in [0.1, 0.15) is 42.4 Å². The highest BCUT2D eigenvalue weighted by atomic mass is 32.2. The van der Waals surface area contributed by atoms with Crippen molar-refractivity contribution in [1.29, 1.82) is 0 Å². The van der Waals surface area contributed by atoms with Gasteiger partial charge in [-0.2, -0.15) is 4.31 Å². The molecule has 0 unspecified atom stereocenters. The van der Waals surface area contributed by atoms with E-state index in [1.54, 1.807) is 4.31 Å². The summed E-state index contributed by atoms with van der Waals surface area (Å²) in [4.78, 5) is 12.6. The number of nitrogens with zero attached hydrogens (tertiary/aromatic N) is 1. The molecule has 24 heavy (non-hydrogen) atoms. The van der Waals surface area contributed by atoms with Crippen molar-refractivity contribution in [3.05, 3.63) is 28.8 Å². The maximum atomic E-state index is 13.0. The molecule has 0 spiro atoms. The predicted molar refractivity (Wildman–Crippen MR) is 93.3 cm³/mol. The van der Waals surface area contributed by atoms with Crippen molar-refractivity contribution in [3.63, 3.8) is 0 Å². The first-order chi connectivity index (χ1) is 11.3. The largest absolute Gasteiger partial charge is 0.353 e. The van der Waals surface area contributed by atoms with Gasteiger partial charge in [0.25, 0.3) is 0 Å². The number of nitrogens with one attached hydrogen (secondary N) is 1. The second kappa shape index (κ2) is 6.48. The topological polar surface area (TPSA) is 66.5 Å². The van der Waals surface area contributed by atoms with Crippen LogP contribution in [0.3, 0.4) is 0 Å². The fraction of sp³-hybridized carbons (Fsp3) is 0.611. The molecule has 6 heteroatoms. The fourth-order valence-electron chi connectivity index (χ4n) is 3.61. The van der Waals surface area contributed by atoms with E-state index in [0.29, 0.717) is 36.9 Å². The molecule has 1 aromatic carbocycles. The molecular formula is C18H26N2O3S. The number of amides is 1. The van der Waals surface area contributed by atoms with Crippen LogP contribution in [0.25, 0.3) is 0 Å². The molecule has 3 rings (SSSR count). The maximum absolute atomic E-state index is 13.0. The van der Waals surface area contributed by atoms with Crippen LogP contribution in [0.2, 0.25) is 0 Å². The minimum atomic E-state index is -3.50. The molecule has 2 fully saturated rings. The molecule has 1 aliphatic carbocycles. The fourth-order valence-corrected chi connectivity index (χ4v) is 5.49. The van der Waals surface area contributed by atoms with E-state index in [1.807, 2.05) is 32.9 Å². The van der Waals surface area contributed by atoms with Crippen LogP contribution in [-0.4, -0.2) is 37.8 Å². The minimum Gasteiger partial charge on any atom is -0.353 e. The third-order valence-electron chi connectivity index (χ3n) is 4.95. The van der Waals surface area contributed by atoms with Gasteiger partial charge < -0.3 is 5.32 Å². The average molecular weight is 350 g/mol. The van der Waals surface area contributed by atoms with Crippen LogP contribution in [0, 0.1) is 26.7 Å². The van der Waals surface area contributed by atoms with Crippen molar-refractivity contribution < 1.29 is 13.2 Å². The van der Waals surface area contributed by atoms with Gasteiger partial charge in [-0.05, 0) is 57.6 Å². The van der Waals surface area contributed by atoms with Gasteiger partial charge in [0.15, 0.2) is 0 Å². The molecular weight excluding hydrogens is 324 g/mol. The van der Waals surface area contributed by atoms with Crippen LogP contribution < -0.4 is 5.32 Å². The van der Waals surface area contributed by atoms with Gasteiger partial charge in [-0.1, -0.05) is 17.7 Å². The molecule has 0 radical (unpaired) electrons. The van der Waals surface area contributed by atoms with Crippen LogP contribution in [0.5, 0.6) is 0 Å². The van der Waals surface area contributed by atoms with Gasteiger partial charge in [-0.25, -0.2) is 8.42 Å². The summed E-state index contributed by atoms with van der Waals surface area (Å²) in [6, 6.07) is 4.18. The molecule has 132 valence electrons. The number of hydrogen-bond acceptors (Lipinski definition) is 3. The first-order valence-corrected chi connectivity index (χ1v) is 10.1. The van der Waals surface area contributed by atoms with Gasteiger partial charge in [-0.3, -0.25) is 4.79 Å². The van der Waals surface area contributed by atoms with Crippen LogP contribution in [0.15, 0.2) is 17.0 Å². The Hall–Kier alpha value is -1.40. The highest BCUT2D eigenvalue weighted by Gasteiger charge is 2.35. The zero-order valence-electron chi connectivity index (χ0n) is 14.6. The Morgan fingerprint density at radius 3 is 2.08 bits per heavy atom. The first-order valence-electron chi connectivity index (χ1n) is 8.67. The Kier molecular flexibility index (Phi) is 4.71. The van der Waals surface area contributed by atoms with Crippen LogP contribution >= 0.6 is 0 Å². The van der Waals surface area contributed by atoms with E-state index < -0.39 is 10.0 Å². The summed E-state index contributed by atoms with van der Waals surface area (Å²) in [7, 11) is -3.50. The Balaban J connectivity index is 1.72. The second-order valence-corrected chi connectivity index (χ2v) is 9.06. The number of piperidine rings is 1. The van der Waals surface area contributed by atoms with E-state index in [-0.39, 0.29) is 11.8 Å². The standard InChI is InChI=1S/C18H26N2O3S/c1-12-10-13(2)17(14(3)11-12)24(22,23)20-8-6-15(7-9-20)18(21)19-16-4-5-16/h10-11,15-16H,4-9H2,1-3H3,(H,19,21). The molecule has 1 saturated carbocycles. The quantitative estimate of drug-likeness (QED) is 0.906. The molecule has 1 aliphatic heterocycles. The summed E-state index contributed by atoms with van der Waals surface area (Å²) in [5, 5.41) is 3.03. The Labute approximate surface area is 144 Å². The van der Waals surface area contributed by atoms with E-state index >= 15 is 0 Å². The number of sulfonamides is 1. The zero-order valence-corrected chi connectivity index (χ0v) is 15.4. The number of aryl methyl sites for hydroxylation is 3. The summed E-state index contributed by atoms with van der Waals surface area (Å²) >= 11 is 0. The Morgan fingerprint density at radius 1 is 1.04 bits per heavy atom. The molecule has 1 aromatic rings. The van der Waals surface area contributed by atoms with Crippen molar-refractivity contribution in [2.75, 3.05) is 13.1 Å². The monoisotopic (exact) mass is 350 g/mol. The van der Waals surface area contributed by atoms with Crippen molar-refractivity contribution in [2.45, 2.75) is 57.4 Å². The molecule has 1 saturated heterocycles. The van der Waals surface area contributed by atoms with E-state index in [1.165, 1.54) is 0 Å². The molecule has 5 nitrogen and oxygen atoms in total. The molecule has 0 bridgehead atoms. The van der Waals surface area contributed by atoms with Gasteiger partial charge >= 0.3 is 0 Å². The summed E-state index contributed by atoms with van der Waals surface area (Å²) in [6.07, 6.45) is 3.35. The SMILES string of the molecule is Cc1cc(C)c(S(=O)(=O)N2CCC(C(=O)NC3CC3)CC2)c(C)c1. The number of carbonyl (C=O) groups is 1. The van der Waals surface area contributed by atoms with Crippen molar-refractivity contribution in [1.82, 2.24) is 9.62 Å². The molecule has 2 aliphatic rings. The number of benzene rings is 1. The highest BCUT2D eigenvalue weighted by molar-refractivity contribution is 7.89. The summed E-state index contributed by atoms with van der Waals surface area (Å²) in [5.74, 6) is 0.0366. The second-order valence-electron chi connectivity index (χ2n) is 7.19. The lowest BCUT2D eigenvalue weighted by atomic mass is 9.97. The van der Waals surface area contributed by atoms with E-state index in [9.17, 15) is 13.2 Å². The highest BCUT2D eigenvalue weighted by Crippen LogP contribution is 2.29. The Morgan fingerprint density at radius 2 is 1.58 bits per heavy atom. The third-order valence-corrected chi connectivity index (χ3v) is 7.16. The van der Waals surface area contributed by atoms with Gasteiger partial charge in [0.1, 0.15) is 0 Å². The summed E-state index contributed by atoms with van der Waals surface area (Å²) < 4.78 is 27.6. The van der Waals surface area contributed by atoms with E-state index in [2.05, 4.69) is 5.32 Å². The van der Waals surface area contributed by atoms with Crippen molar-refractivity contribution in [3.8, 4) is 0 Å². The van der Waals surface area contributed by atoms with Gasteiger partial charge in [-0.15, -0.1) is 0 Å². The normalized spacial score (nSPS) is 20.1. The number of rotatable bonds is 4. The lowest BCUT2D eigenvalue weighted by Gasteiger charge is -2.31. The average Bonchev–Trinajstić information content (AvgIpc) is 3.30. The van der Waals surface area contributed by atoms with E-state index in [0.717, 1.165) is 29.5 Å². The molecule has 1 heterocycles. The number of hydrogen-bond donors (Lipinski definition) is 1. The molecule has 1 amide bonds. The lowest BCUT2D eigenvalue weighted by Crippen LogP contribution is -2.43. The van der Waals surface area contributed by atoms with Gasteiger partial charge in [0, 0.05) is 25.0 Å².